The molecular weight excluding hydrogens is 222 g/mol. The number of aliphatic imine (C=N–C) groups is 1. The molecule has 0 saturated heterocycles. The average molecular weight is 251 g/mol. The van der Waals surface area contributed by atoms with E-state index < -0.39 is 0 Å². The molecule has 1 aliphatic rings. The lowest BCUT2D eigenvalue weighted by Crippen LogP contribution is -2.17. The second-order valence-corrected chi connectivity index (χ2v) is 7.43. The van der Waals surface area contributed by atoms with Gasteiger partial charge in [0.2, 0.25) is 0 Å². The molecule has 0 saturated carbocycles. The van der Waals surface area contributed by atoms with Gasteiger partial charge in [-0.3, -0.25) is 4.99 Å². The summed E-state index contributed by atoms with van der Waals surface area (Å²) in [4.78, 5) is 4.74. The van der Waals surface area contributed by atoms with Crippen molar-refractivity contribution in [2.24, 2.45) is 21.7 Å². The molecule has 0 atom stereocenters. The largest absolute Gasteiger partial charge is 0.510 e. The maximum Gasteiger partial charge on any atom is 0.115 e. The van der Waals surface area contributed by atoms with E-state index >= 15 is 0 Å². The molecule has 0 heterocycles. The smallest absolute Gasteiger partial charge is 0.115 e. The van der Waals surface area contributed by atoms with Crippen molar-refractivity contribution in [3.8, 4) is 0 Å². The van der Waals surface area contributed by atoms with Gasteiger partial charge in [0.25, 0.3) is 0 Å². The highest BCUT2D eigenvalue weighted by Gasteiger charge is 2.35. The van der Waals surface area contributed by atoms with Crippen LogP contribution in [0.25, 0.3) is 0 Å². The highest BCUT2D eigenvalue weighted by Crippen LogP contribution is 2.45. The first kappa shape index (κ1) is 15.3. The molecule has 0 aliphatic heterocycles. The fourth-order valence-electron chi connectivity index (χ4n) is 2.31. The summed E-state index contributed by atoms with van der Waals surface area (Å²) >= 11 is 0. The van der Waals surface area contributed by atoms with Crippen LogP contribution in [0.1, 0.15) is 67.7 Å². The Hall–Kier alpha value is -0.790. The van der Waals surface area contributed by atoms with Gasteiger partial charge >= 0.3 is 0 Å². The first-order valence-electron chi connectivity index (χ1n) is 7.03. The van der Waals surface area contributed by atoms with E-state index in [0.717, 1.165) is 30.7 Å². The minimum absolute atomic E-state index is 0.0337. The summed E-state index contributed by atoms with van der Waals surface area (Å²) in [5.41, 5.74) is 2.14. The Morgan fingerprint density at radius 1 is 1.17 bits per heavy atom. The first-order chi connectivity index (χ1) is 8.05. The maximum atomic E-state index is 10.4. The fraction of sp³-hybridized carbons (Fsp3) is 0.812. The van der Waals surface area contributed by atoms with Crippen LogP contribution < -0.4 is 0 Å². The van der Waals surface area contributed by atoms with E-state index in [1.165, 1.54) is 0 Å². The lowest BCUT2D eigenvalue weighted by Gasteiger charge is -2.26. The van der Waals surface area contributed by atoms with E-state index in [1.54, 1.807) is 0 Å². The van der Waals surface area contributed by atoms with Crippen molar-refractivity contribution >= 4 is 5.71 Å². The summed E-state index contributed by atoms with van der Waals surface area (Å²) in [6, 6.07) is 0. The number of hydrogen-bond donors (Lipinski definition) is 1. The van der Waals surface area contributed by atoms with Crippen LogP contribution >= 0.6 is 0 Å². The molecule has 2 heteroatoms. The van der Waals surface area contributed by atoms with E-state index in [4.69, 9.17) is 4.99 Å². The van der Waals surface area contributed by atoms with Gasteiger partial charge in [-0.2, -0.15) is 0 Å². The molecule has 1 N–H and O–H groups in total. The van der Waals surface area contributed by atoms with E-state index in [1.807, 2.05) is 0 Å². The van der Waals surface area contributed by atoms with Crippen molar-refractivity contribution < 1.29 is 5.11 Å². The summed E-state index contributed by atoms with van der Waals surface area (Å²) in [5, 5.41) is 10.4. The third kappa shape index (κ3) is 3.60. The molecule has 2 nitrogen and oxygen atoms in total. The zero-order valence-corrected chi connectivity index (χ0v) is 13.1. The summed E-state index contributed by atoms with van der Waals surface area (Å²) in [5.74, 6) is 0.917. The number of aliphatic hydroxyl groups is 1. The highest BCUT2D eigenvalue weighted by molar-refractivity contribution is 5.84. The van der Waals surface area contributed by atoms with Crippen molar-refractivity contribution in [3.63, 3.8) is 0 Å². The topological polar surface area (TPSA) is 32.6 Å². The number of aliphatic hydroxyl groups excluding tert-OH is 1. The van der Waals surface area contributed by atoms with E-state index in [-0.39, 0.29) is 10.8 Å². The molecule has 18 heavy (non-hydrogen) atoms. The summed E-state index contributed by atoms with van der Waals surface area (Å²) < 4.78 is 0. The number of allylic oxidation sites excluding steroid dienone is 2. The highest BCUT2D eigenvalue weighted by atomic mass is 16.3. The average Bonchev–Trinajstić information content (AvgIpc) is 2.27. The second kappa shape index (κ2) is 5.07. The van der Waals surface area contributed by atoms with Crippen molar-refractivity contribution in [1.82, 2.24) is 0 Å². The van der Waals surface area contributed by atoms with E-state index in [2.05, 4.69) is 48.5 Å². The number of rotatable bonds is 2. The fourth-order valence-corrected chi connectivity index (χ4v) is 2.31. The predicted molar refractivity (Wildman–Crippen MR) is 79.0 cm³/mol. The first-order valence-corrected chi connectivity index (χ1v) is 7.03. The van der Waals surface area contributed by atoms with Crippen LogP contribution in [0.2, 0.25) is 0 Å². The Bertz CT molecular complexity index is 373. The molecule has 1 rings (SSSR count). The Kier molecular flexibility index (Phi) is 4.30. The molecule has 0 unspecified atom stereocenters. The standard InChI is InChI=1S/C16H29NO/c1-11(2)12(3)17-14-13(18)10-15(4,5)8-9-16(14,6)7/h11,18H,8-10H2,1-7H3. The maximum absolute atomic E-state index is 10.4. The molecule has 0 aromatic heterocycles. The summed E-state index contributed by atoms with van der Waals surface area (Å²) in [6.45, 7) is 15.2. The van der Waals surface area contributed by atoms with Crippen molar-refractivity contribution in [2.75, 3.05) is 0 Å². The van der Waals surface area contributed by atoms with Gasteiger partial charge in [-0.15, -0.1) is 0 Å². The lowest BCUT2D eigenvalue weighted by atomic mass is 9.80. The predicted octanol–water partition coefficient (Wildman–Crippen LogP) is 5.11. The molecule has 0 aromatic rings. The quantitative estimate of drug-likeness (QED) is 0.680. The van der Waals surface area contributed by atoms with Crippen molar-refractivity contribution in [2.45, 2.75) is 67.7 Å². The molecule has 0 amide bonds. The molecule has 104 valence electrons. The monoisotopic (exact) mass is 251 g/mol. The molecule has 0 bridgehead atoms. The van der Waals surface area contributed by atoms with Crippen LogP contribution in [0.4, 0.5) is 0 Å². The van der Waals surface area contributed by atoms with E-state index in [9.17, 15) is 5.11 Å². The van der Waals surface area contributed by atoms with Crippen LogP contribution in [0.3, 0.4) is 0 Å². The van der Waals surface area contributed by atoms with Crippen molar-refractivity contribution in [1.29, 1.82) is 0 Å². The molecule has 1 aliphatic carbocycles. The van der Waals surface area contributed by atoms with Gasteiger partial charge in [-0.05, 0) is 31.1 Å². The van der Waals surface area contributed by atoms with Crippen LogP contribution in [-0.2, 0) is 0 Å². The SMILES string of the molecule is CC(=NC1=C(O)CC(C)(C)CCC1(C)C)C(C)C. The number of nitrogens with zero attached hydrogens (tertiary/aromatic N) is 1. The van der Waals surface area contributed by atoms with E-state index in [0.29, 0.717) is 11.7 Å². The Morgan fingerprint density at radius 3 is 2.22 bits per heavy atom. The summed E-state index contributed by atoms with van der Waals surface area (Å²) in [7, 11) is 0. The van der Waals surface area contributed by atoms with Gasteiger partial charge < -0.3 is 5.11 Å². The minimum atomic E-state index is -0.0337. The zero-order chi connectivity index (χ0) is 14.1. The van der Waals surface area contributed by atoms with Gasteiger partial charge in [0.1, 0.15) is 5.76 Å². The van der Waals surface area contributed by atoms with Gasteiger partial charge in [0.15, 0.2) is 0 Å². The van der Waals surface area contributed by atoms with Gasteiger partial charge in [0.05, 0.1) is 5.70 Å². The minimum Gasteiger partial charge on any atom is -0.510 e. The third-order valence-corrected chi connectivity index (χ3v) is 4.11. The number of hydrogen-bond acceptors (Lipinski definition) is 2. The molecule has 0 radical (unpaired) electrons. The van der Waals surface area contributed by atoms with Gasteiger partial charge in [0, 0.05) is 17.5 Å². The Morgan fingerprint density at radius 2 is 1.72 bits per heavy atom. The van der Waals surface area contributed by atoms with Gasteiger partial charge in [-0.1, -0.05) is 41.5 Å². The molecule has 0 aromatic carbocycles. The molecule has 0 spiro atoms. The molecule has 0 fully saturated rings. The van der Waals surface area contributed by atoms with Crippen LogP contribution in [0.15, 0.2) is 16.4 Å². The van der Waals surface area contributed by atoms with Crippen LogP contribution in [-0.4, -0.2) is 10.8 Å². The van der Waals surface area contributed by atoms with Gasteiger partial charge in [-0.25, -0.2) is 0 Å². The normalized spacial score (nSPS) is 24.3. The molecular formula is C16H29NO. The second-order valence-electron chi connectivity index (χ2n) is 7.43. The summed E-state index contributed by atoms with van der Waals surface area (Å²) in [6.07, 6.45) is 2.94. The Labute approximate surface area is 112 Å². The third-order valence-electron chi connectivity index (χ3n) is 4.11. The van der Waals surface area contributed by atoms with Crippen LogP contribution in [0, 0.1) is 16.7 Å². The Balaban J connectivity index is 3.21. The van der Waals surface area contributed by atoms with Crippen molar-refractivity contribution in [3.05, 3.63) is 11.5 Å². The van der Waals surface area contributed by atoms with Crippen LogP contribution in [0.5, 0.6) is 0 Å². The zero-order valence-electron chi connectivity index (χ0n) is 13.1. The lowest BCUT2D eigenvalue weighted by molar-refractivity contribution is 0.261.